The number of ketones is 1. The van der Waals surface area contributed by atoms with Gasteiger partial charge in [-0.1, -0.05) is 38.8 Å². The Kier molecular flexibility index (Phi) is 2.98. The number of hydrogen-bond donors (Lipinski definition) is 0. The molecule has 0 radical (unpaired) electrons. The summed E-state index contributed by atoms with van der Waals surface area (Å²) in [4.78, 5) is 12.5. The highest BCUT2D eigenvalue weighted by atomic mass is 16.1. The molecule has 0 aromatic rings. The van der Waals surface area contributed by atoms with Gasteiger partial charge in [0.15, 0.2) is 0 Å². The van der Waals surface area contributed by atoms with Crippen molar-refractivity contribution in [1.82, 2.24) is 0 Å². The second-order valence-corrected chi connectivity index (χ2v) is 8.88. The summed E-state index contributed by atoms with van der Waals surface area (Å²) in [7, 11) is 0. The van der Waals surface area contributed by atoms with Crippen molar-refractivity contribution in [3.05, 3.63) is 11.6 Å². The lowest BCUT2D eigenvalue weighted by atomic mass is 9.46. The molecule has 0 aromatic carbocycles. The Morgan fingerprint density at radius 3 is 2.57 bits per heavy atom. The molecule has 4 aliphatic rings. The van der Waals surface area contributed by atoms with Crippen molar-refractivity contribution >= 4 is 5.78 Å². The molecule has 0 bridgehead atoms. The molecule has 0 saturated heterocycles. The molecule has 0 N–H and O–H groups in total. The lowest BCUT2D eigenvalue weighted by Crippen LogP contribution is -2.51. The first-order chi connectivity index (χ1) is 9.97. The van der Waals surface area contributed by atoms with E-state index in [9.17, 15) is 4.79 Å². The molecule has 6 atom stereocenters. The van der Waals surface area contributed by atoms with Crippen LogP contribution in [0.2, 0.25) is 0 Å². The SMILES string of the molecule is CC1C=C2CCCC[C@]2(C)[C@@H]2CC[C@]3(C)C(=O)CC[C@H]3[C@H]12. The van der Waals surface area contributed by atoms with Gasteiger partial charge in [-0.15, -0.1) is 0 Å². The summed E-state index contributed by atoms with van der Waals surface area (Å²) >= 11 is 0. The Hall–Kier alpha value is -0.590. The molecule has 1 unspecified atom stereocenters. The zero-order valence-corrected chi connectivity index (χ0v) is 14.0. The summed E-state index contributed by atoms with van der Waals surface area (Å²) in [5.41, 5.74) is 2.25. The third kappa shape index (κ3) is 1.72. The van der Waals surface area contributed by atoms with E-state index < -0.39 is 0 Å². The van der Waals surface area contributed by atoms with Crippen LogP contribution in [0.3, 0.4) is 0 Å². The molecule has 0 spiro atoms. The Morgan fingerprint density at radius 1 is 1.00 bits per heavy atom. The first-order valence-corrected chi connectivity index (χ1v) is 9.21. The van der Waals surface area contributed by atoms with Gasteiger partial charge in [-0.3, -0.25) is 4.79 Å². The van der Waals surface area contributed by atoms with Gasteiger partial charge in [0.05, 0.1) is 0 Å². The van der Waals surface area contributed by atoms with Crippen molar-refractivity contribution in [3.63, 3.8) is 0 Å². The van der Waals surface area contributed by atoms with Crippen molar-refractivity contribution in [2.75, 3.05) is 0 Å². The van der Waals surface area contributed by atoms with Gasteiger partial charge in [0.2, 0.25) is 0 Å². The maximum absolute atomic E-state index is 12.5. The summed E-state index contributed by atoms with van der Waals surface area (Å²) in [6, 6.07) is 0. The van der Waals surface area contributed by atoms with E-state index in [0.717, 1.165) is 24.7 Å². The second-order valence-electron chi connectivity index (χ2n) is 8.88. The van der Waals surface area contributed by atoms with E-state index in [1.807, 2.05) is 0 Å². The molecule has 3 fully saturated rings. The topological polar surface area (TPSA) is 17.1 Å². The molecule has 116 valence electrons. The quantitative estimate of drug-likeness (QED) is 0.562. The predicted molar refractivity (Wildman–Crippen MR) is 85.9 cm³/mol. The van der Waals surface area contributed by atoms with Crippen LogP contribution in [-0.2, 0) is 4.79 Å². The third-order valence-electron chi connectivity index (χ3n) is 8.06. The van der Waals surface area contributed by atoms with Crippen LogP contribution >= 0.6 is 0 Å². The van der Waals surface area contributed by atoms with E-state index in [-0.39, 0.29) is 5.41 Å². The third-order valence-corrected chi connectivity index (χ3v) is 8.06. The molecule has 4 aliphatic carbocycles. The van der Waals surface area contributed by atoms with E-state index in [1.165, 1.54) is 38.5 Å². The number of allylic oxidation sites excluding steroid dienone is 2. The maximum Gasteiger partial charge on any atom is 0.139 e. The average Bonchev–Trinajstić information content (AvgIpc) is 2.76. The van der Waals surface area contributed by atoms with Crippen LogP contribution in [0.25, 0.3) is 0 Å². The number of rotatable bonds is 0. The summed E-state index contributed by atoms with van der Waals surface area (Å²) in [5.74, 6) is 3.53. The molecule has 3 saturated carbocycles. The second kappa shape index (κ2) is 4.46. The zero-order valence-electron chi connectivity index (χ0n) is 14.0. The number of carbonyl (C=O) groups is 1. The van der Waals surface area contributed by atoms with E-state index in [2.05, 4.69) is 26.8 Å². The van der Waals surface area contributed by atoms with Crippen molar-refractivity contribution < 1.29 is 4.79 Å². The van der Waals surface area contributed by atoms with Gasteiger partial charge in [0.1, 0.15) is 5.78 Å². The fraction of sp³-hybridized carbons (Fsp3) is 0.850. The van der Waals surface area contributed by atoms with Crippen LogP contribution in [0, 0.1) is 34.5 Å². The van der Waals surface area contributed by atoms with Crippen LogP contribution in [0.5, 0.6) is 0 Å². The summed E-state index contributed by atoms with van der Waals surface area (Å²) in [5, 5.41) is 0. The normalized spacial score (nSPS) is 52.7. The van der Waals surface area contributed by atoms with Crippen LogP contribution in [0.4, 0.5) is 0 Å². The lowest BCUT2D eigenvalue weighted by Gasteiger charge is -2.58. The molecule has 0 amide bonds. The summed E-state index contributed by atoms with van der Waals surface area (Å²) in [6.07, 6.45) is 12.6. The first kappa shape index (κ1) is 14.0. The van der Waals surface area contributed by atoms with Crippen LogP contribution in [-0.4, -0.2) is 5.78 Å². The Labute approximate surface area is 129 Å². The molecule has 21 heavy (non-hydrogen) atoms. The van der Waals surface area contributed by atoms with Crippen molar-refractivity contribution in [2.24, 2.45) is 34.5 Å². The van der Waals surface area contributed by atoms with Gasteiger partial charge >= 0.3 is 0 Å². The fourth-order valence-corrected chi connectivity index (χ4v) is 6.82. The smallest absolute Gasteiger partial charge is 0.139 e. The number of hydrogen-bond acceptors (Lipinski definition) is 1. The minimum absolute atomic E-state index is 0.0196. The Morgan fingerprint density at radius 2 is 1.76 bits per heavy atom. The van der Waals surface area contributed by atoms with Gasteiger partial charge in [-0.2, -0.15) is 0 Å². The van der Waals surface area contributed by atoms with Crippen LogP contribution in [0.15, 0.2) is 11.6 Å². The minimum Gasteiger partial charge on any atom is -0.299 e. The molecular formula is C20H30O. The number of carbonyl (C=O) groups excluding carboxylic acids is 1. The molecule has 4 rings (SSSR count). The summed E-state index contributed by atoms with van der Waals surface area (Å²) in [6.45, 7) is 7.28. The van der Waals surface area contributed by atoms with E-state index in [0.29, 0.717) is 23.0 Å². The van der Waals surface area contributed by atoms with Gasteiger partial charge in [-0.05, 0) is 67.6 Å². The predicted octanol–water partition coefficient (Wildman–Crippen LogP) is 5.15. The number of fused-ring (bicyclic) bond motifs is 5. The van der Waals surface area contributed by atoms with Crippen LogP contribution < -0.4 is 0 Å². The standard InChI is InChI=1S/C20H30O/c1-13-12-14-6-4-5-10-19(14,2)16-9-11-20(3)15(18(13)16)7-8-17(20)21/h12-13,15-16,18H,4-11H2,1-3H3/t13?,15-,16+,18-,19-,20-/m0/s1. The van der Waals surface area contributed by atoms with Crippen LogP contribution in [0.1, 0.15) is 72.1 Å². The molecule has 0 aliphatic heterocycles. The van der Waals surface area contributed by atoms with Gasteiger partial charge in [-0.25, -0.2) is 0 Å². The first-order valence-electron chi connectivity index (χ1n) is 9.21. The molecule has 1 heteroatoms. The van der Waals surface area contributed by atoms with Gasteiger partial charge in [0.25, 0.3) is 0 Å². The average molecular weight is 286 g/mol. The summed E-state index contributed by atoms with van der Waals surface area (Å²) < 4.78 is 0. The highest BCUT2D eigenvalue weighted by Crippen LogP contribution is 2.65. The molecule has 0 aromatic heterocycles. The maximum atomic E-state index is 12.5. The highest BCUT2D eigenvalue weighted by molar-refractivity contribution is 5.87. The monoisotopic (exact) mass is 286 g/mol. The molecule has 0 heterocycles. The minimum atomic E-state index is 0.0196. The molecule has 1 nitrogen and oxygen atoms in total. The lowest BCUT2D eigenvalue weighted by molar-refractivity contribution is -0.133. The fourth-order valence-electron chi connectivity index (χ4n) is 6.82. The van der Waals surface area contributed by atoms with E-state index >= 15 is 0 Å². The van der Waals surface area contributed by atoms with Gasteiger partial charge < -0.3 is 0 Å². The highest BCUT2D eigenvalue weighted by Gasteiger charge is 2.59. The van der Waals surface area contributed by atoms with E-state index in [1.54, 1.807) is 5.57 Å². The van der Waals surface area contributed by atoms with Gasteiger partial charge in [0, 0.05) is 11.8 Å². The van der Waals surface area contributed by atoms with E-state index in [4.69, 9.17) is 0 Å². The van der Waals surface area contributed by atoms with Crippen molar-refractivity contribution in [1.29, 1.82) is 0 Å². The largest absolute Gasteiger partial charge is 0.299 e. The van der Waals surface area contributed by atoms with Crippen molar-refractivity contribution in [3.8, 4) is 0 Å². The van der Waals surface area contributed by atoms with Crippen molar-refractivity contribution in [2.45, 2.75) is 72.1 Å². The Balaban J connectivity index is 1.76. The Bertz CT molecular complexity index is 504. The molecular weight excluding hydrogens is 256 g/mol. The zero-order chi connectivity index (χ0) is 14.8. The number of Topliss-reactive ketones (excluding diaryl/α,β-unsaturated/α-hetero) is 1.